The van der Waals surface area contributed by atoms with Gasteiger partial charge < -0.3 is 0 Å². The maximum atomic E-state index is 5.48. The zero-order valence-electron chi connectivity index (χ0n) is 8.88. The van der Waals surface area contributed by atoms with Crippen LogP contribution in [-0.4, -0.2) is 0 Å². The van der Waals surface area contributed by atoms with Crippen molar-refractivity contribution in [2.24, 2.45) is 5.84 Å². The van der Waals surface area contributed by atoms with Crippen molar-refractivity contribution in [3.63, 3.8) is 0 Å². The van der Waals surface area contributed by atoms with Gasteiger partial charge in [-0.25, -0.2) is 0 Å². The molecule has 0 aliphatic heterocycles. The molecule has 1 atom stereocenters. The molecule has 0 radical (unpaired) electrons. The summed E-state index contributed by atoms with van der Waals surface area (Å²) in [4.78, 5) is 0. The fourth-order valence-corrected chi connectivity index (χ4v) is 1.45. The monoisotopic (exact) mass is 190 g/mol. The zero-order valence-corrected chi connectivity index (χ0v) is 8.88. The fourth-order valence-electron chi connectivity index (χ4n) is 1.45. The summed E-state index contributed by atoms with van der Waals surface area (Å²) in [5.41, 5.74) is 6.62. The highest BCUT2D eigenvalue weighted by Gasteiger charge is 2.07. The molecule has 0 fully saturated rings. The molecule has 3 N–H and O–H groups in total. The van der Waals surface area contributed by atoms with Crippen LogP contribution in [0.1, 0.15) is 29.2 Å². The summed E-state index contributed by atoms with van der Waals surface area (Å²) in [7, 11) is 0. The molecule has 0 saturated carbocycles. The van der Waals surface area contributed by atoms with Crippen LogP contribution in [0.4, 0.5) is 0 Å². The number of hydrazine groups is 1. The Bertz CT molecular complexity index is 318. The number of benzene rings is 1. The number of hydrogen-bond donors (Lipinski definition) is 2. The second-order valence-electron chi connectivity index (χ2n) is 3.59. The van der Waals surface area contributed by atoms with Crippen molar-refractivity contribution in [3.8, 4) is 0 Å². The average molecular weight is 190 g/mol. The summed E-state index contributed by atoms with van der Waals surface area (Å²) in [6.07, 6.45) is 2.72. The molecule has 0 heterocycles. The Hall–Kier alpha value is -1.12. The van der Waals surface area contributed by atoms with Crippen molar-refractivity contribution in [3.05, 3.63) is 47.5 Å². The standard InChI is InChI=1S/C12H18N2/c1-4-5-12(14-13)11-7-6-9(2)10(3)8-11/h4,6-8,12,14H,1,5,13H2,2-3H3. The summed E-state index contributed by atoms with van der Waals surface area (Å²) >= 11 is 0. The third-order valence-corrected chi connectivity index (χ3v) is 2.54. The number of nitrogens with two attached hydrogens (primary N) is 1. The number of nitrogens with one attached hydrogen (secondary N) is 1. The molecule has 0 saturated heterocycles. The maximum absolute atomic E-state index is 5.48. The van der Waals surface area contributed by atoms with E-state index in [1.54, 1.807) is 0 Å². The molecule has 0 aliphatic rings. The minimum atomic E-state index is 0.173. The van der Waals surface area contributed by atoms with E-state index in [1.807, 2.05) is 6.08 Å². The van der Waals surface area contributed by atoms with Crippen molar-refractivity contribution in [2.45, 2.75) is 26.3 Å². The van der Waals surface area contributed by atoms with Crippen LogP contribution >= 0.6 is 0 Å². The van der Waals surface area contributed by atoms with Crippen molar-refractivity contribution in [1.82, 2.24) is 5.43 Å². The SMILES string of the molecule is C=CCC(NN)c1ccc(C)c(C)c1. The molecule has 76 valence electrons. The number of aryl methyl sites for hydroxylation is 2. The lowest BCUT2D eigenvalue weighted by Gasteiger charge is -2.15. The van der Waals surface area contributed by atoms with Gasteiger partial charge >= 0.3 is 0 Å². The molecule has 0 aromatic heterocycles. The molecule has 2 heteroatoms. The van der Waals surface area contributed by atoms with Gasteiger partial charge in [0, 0.05) is 6.04 Å². The first-order chi connectivity index (χ1) is 6.69. The zero-order chi connectivity index (χ0) is 10.6. The topological polar surface area (TPSA) is 38.0 Å². The lowest BCUT2D eigenvalue weighted by molar-refractivity contribution is 0.561. The molecule has 14 heavy (non-hydrogen) atoms. The first-order valence-electron chi connectivity index (χ1n) is 4.83. The second-order valence-corrected chi connectivity index (χ2v) is 3.59. The largest absolute Gasteiger partial charge is 0.271 e. The van der Waals surface area contributed by atoms with E-state index in [2.05, 4.69) is 44.1 Å². The lowest BCUT2D eigenvalue weighted by atomic mass is 9.99. The molecule has 1 aromatic rings. The fraction of sp³-hybridized carbons (Fsp3) is 0.333. The van der Waals surface area contributed by atoms with Crippen LogP contribution in [0.3, 0.4) is 0 Å². The predicted molar refractivity (Wildman–Crippen MR) is 60.8 cm³/mol. The quantitative estimate of drug-likeness (QED) is 0.434. The second kappa shape index (κ2) is 4.94. The van der Waals surface area contributed by atoms with Gasteiger partial charge in [0.25, 0.3) is 0 Å². The summed E-state index contributed by atoms with van der Waals surface area (Å²) in [5.74, 6) is 5.48. The highest BCUT2D eigenvalue weighted by molar-refractivity contribution is 5.31. The number of hydrogen-bond acceptors (Lipinski definition) is 2. The van der Waals surface area contributed by atoms with E-state index in [-0.39, 0.29) is 6.04 Å². The van der Waals surface area contributed by atoms with Gasteiger partial charge in [-0.15, -0.1) is 6.58 Å². The van der Waals surface area contributed by atoms with Gasteiger partial charge in [0.1, 0.15) is 0 Å². The number of rotatable bonds is 4. The van der Waals surface area contributed by atoms with Gasteiger partial charge in [-0.05, 0) is 37.0 Å². The minimum absolute atomic E-state index is 0.173. The van der Waals surface area contributed by atoms with Crippen LogP contribution in [0.25, 0.3) is 0 Å². The van der Waals surface area contributed by atoms with Crippen LogP contribution in [0.2, 0.25) is 0 Å². The van der Waals surface area contributed by atoms with Crippen LogP contribution < -0.4 is 11.3 Å². The van der Waals surface area contributed by atoms with E-state index in [9.17, 15) is 0 Å². The van der Waals surface area contributed by atoms with Gasteiger partial charge in [-0.2, -0.15) is 0 Å². The summed E-state index contributed by atoms with van der Waals surface area (Å²) in [6.45, 7) is 7.94. The first kappa shape index (κ1) is 11.0. The van der Waals surface area contributed by atoms with Gasteiger partial charge in [-0.1, -0.05) is 24.3 Å². The molecule has 0 spiro atoms. The summed E-state index contributed by atoms with van der Waals surface area (Å²) in [6, 6.07) is 6.57. The van der Waals surface area contributed by atoms with Gasteiger partial charge in [0.05, 0.1) is 0 Å². The van der Waals surface area contributed by atoms with Crippen molar-refractivity contribution in [1.29, 1.82) is 0 Å². The molecular formula is C12H18N2. The predicted octanol–water partition coefficient (Wildman–Crippen LogP) is 2.38. The molecule has 0 bridgehead atoms. The van der Waals surface area contributed by atoms with E-state index in [0.29, 0.717) is 0 Å². The van der Waals surface area contributed by atoms with E-state index in [4.69, 9.17) is 5.84 Å². The van der Waals surface area contributed by atoms with Crippen LogP contribution in [0.15, 0.2) is 30.9 Å². The highest BCUT2D eigenvalue weighted by Crippen LogP contribution is 2.19. The molecule has 2 nitrogen and oxygen atoms in total. The lowest BCUT2D eigenvalue weighted by Crippen LogP contribution is -2.27. The maximum Gasteiger partial charge on any atom is 0.0494 e. The summed E-state index contributed by atoms with van der Waals surface area (Å²) in [5, 5.41) is 0. The van der Waals surface area contributed by atoms with Crippen LogP contribution in [-0.2, 0) is 0 Å². The van der Waals surface area contributed by atoms with E-state index < -0.39 is 0 Å². The molecule has 1 aromatic carbocycles. The van der Waals surface area contributed by atoms with Gasteiger partial charge in [-0.3, -0.25) is 11.3 Å². The minimum Gasteiger partial charge on any atom is -0.271 e. The Morgan fingerprint density at radius 2 is 2.14 bits per heavy atom. The van der Waals surface area contributed by atoms with Crippen molar-refractivity contribution in [2.75, 3.05) is 0 Å². The third kappa shape index (κ3) is 2.44. The first-order valence-corrected chi connectivity index (χ1v) is 4.83. The van der Waals surface area contributed by atoms with E-state index in [1.165, 1.54) is 16.7 Å². The third-order valence-electron chi connectivity index (χ3n) is 2.54. The molecule has 0 amide bonds. The summed E-state index contributed by atoms with van der Waals surface area (Å²) < 4.78 is 0. The Morgan fingerprint density at radius 3 is 2.64 bits per heavy atom. The van der Waals surface area contributed by atoms with Crippen LogP contribution in [0.5, 0.6) is 0 Å². The molecule has 1 rings (SSSR count). The van der Waals surface area contributed by atoms with Gasteiger partial charge in [0.2, 0.25) is 0 Å². The van der Waals surface area contributed by atoms with Crippen molar-refractivity contribution < 1.29 is 0 Å². The Balaban J connectivity index is 2.93. The van der Waals surface area contributed by atoms with Crippen LogP contribution in [0, 0.1) is 13.8 Å². The Morgan fingerprint density at radius 1 is 1.43 bits per heavy atom. The average Bonchev–Trinajstić information content (AvgIpc) is 2.19. The smallest absolute Gasteiger partial charge is 0.0494 e. The van der Waals surface area contributed by atoms with E-state index >= 15 is 0 Å². The van der Waals surface area contributed by atoms with Gasteiger partial charge in [0.15, 0.2) is 0 Å². The molecular weight excluding hydrogens is 172 g/mol. The highest BCUT2D eigenvalue weighted by atomic mass is 15.2. The van der Waals surface area contributed by atoms with Crippen molar-refractivity contribution >= 4 is 0 Å². The molecule has 1 unspecified atom stereocenters. The molecule has 0 aliphatic carbocycles. The van der Waals surface area contributed by atoms with E-state index in [0.717, 1.165) is 6.42 Å². The Labute approximate surface area is 85.8 Å². The normalized spacial score (nSPS) is 12.5. The Kier molecular flexibility index (Phi) is 3.86.